The van der Waals surface area contributed by atoms with Crippen molar-refractivity contribution in [1.82, 2.24) is 15.1 Å². The molecule has 2 heterocycles. The monoisotopic (exact) mass is 297 g/mol. The second-order valence-electron chi connectivity index (χ2n) is 4.11. The molecule has 0 fully saturated rings. The van der Waals surface area contributed by atoms with Crippen molar-refractivity contribution in [1.29, 1.82) is 0 Å². The molecule has 0 atom stereocenters. The molecule has 0 saturated carbocycles. The third-order valence-corrected chi connectivity index (χ3v) is 2.43. The molecule has 0 aliphatic heterocycles. The Balaban J connectivity index is 0.00000200. The summed E-state index contributed by atoms with van der Waals surface area (Å²) in [7, 11) is 0. The van der Waals surface area contributed by atoms with Crippen LogP contribution in [0.3, 0.4) is 0 Å². The molecular formula is C12H16ClN5O2. The number of aromatic nitrogens is 3. The van der Waals surface area contributed by atoms with E-state index in [1.54, 1.807) is 19.1 Å². The lowest BCUT2D eigenvalue weighted by molar-refractivity contribution is -0.116. The number of aryl methyl sites for hydroxylation is 2. The number of carbonyl (C=O) groups is 1. The van der Waals surface area contributed by atoms with Crippen molar-refractivity contribution in [3.8, 4) is 0 Å². The number of hydrogen-bond acceptors (Lipinski definition) is 6. The van der Waals surface area contributed by atoms with Crippen LogP contribution in [-0.2, 0) is 11.2 Å². The second-order valence-corrected chi connectivity index (χ2v) is 4.11. The number of amides is 1. The maximum Gasteiger partial charge on any atom is 0.226 e. The van der Waals surface area contributed by atoms with Crippen molar-refractivity contribution in [2.75, 3.05) is 11.1 Å². The van der Waals surface area contributed by atoms with E-state index in [1.807, 2.05) is 0 Å². The summed E-state index contributed by atoms with van der Waals surface area (Å²) < 4.78 is 4.96. The van der Waals surface area contributed by atoms with Gasteiger partial charge in [-0.15, -0.1) is 12.4 Å². The van der Waals surface area contributed by atoms with Gasteiger partial charge in [0.1, 0.15) is 5.82 Å². The van der Waals surface area contributed by atoms with Gasteiger partial charge >= 0.3 is 0 Å². The van der Waals surface area contributed by atoms with Gasteiger partial charge in [-0.25, -0.2) is 4.98 Å². The number of rotatable bonds is 5. The molecule has 1 amide bonds. The van der Waals surface area contributed by atoms with Crippen LogP contribution in [0.25, 0.3) is 0 Å². The molecule has 2 aromatic heterocycles. The van der Waals surface area contributed by atoms with Gasteiger partial charge in [-0.05, 0) is 25.5 Å². The third kappa shape index (κ3) is 4.85. The Morgan fingerprint density at radius 1 is 1.45 bits per heavy atom. The first kappa shape index (κ1) is 15.9. The summed E-state index contributed by atoms with van der Waals surface area (Å²) in [6, 6.07) is 3.35. The molecule has 3 N–H and O–H groups in total. The molecular weight excluding hydrogens is 282 g/mol. The lowest BCUT2D eigenvalue weighted by Crippen LogP contribution is -2.11. The van der Waals surface area contributed by atoms with Crippen LogP contribution in [0.2, 0.25) is 0 Å². The van der Waals surface area contributed by atoms with Crippen molar-refractivity contribution in [3.05, 3.63) is 30.0 Å². The fraction of sp³-hybridized carbons (Fsp3) is 0.333. The van der Waals surface area contributed by atoms with Crippen LogP contribution >= 0.6 is 12.4 Å². The zero-order valence-electron chi connectivity index (χ0n) is 11.0. The number of anilines is 2. The molecule has 2 aromatic rings. The molecule has 0 aromatic carbocycles. The number of pyridine rings is 1. The smallest absolute Gasteiger partial charge is 0.226 e. The number of nitrogen functional groups attached to an aromatic ring is 1. The molecule has 0 radical (unpaired) electrons. The van der Waals surface area contributed by atoms with Crippen LogP contribution in [0, 0.1) is 6.92 Å². The molecule has 108 valence electrons. The van der Waals surface area contributed by atoms with Gasteiger partial charge in [0.25, 0.3) is 0 Å². The van der Waals surface area contributed by atoms with E-state index in [4.69, 9.17) is 10.3 Å². The van der Waals surface area contributed by atoms with Gasteiger partial charge < -0.3 is 15.6 Å². The van der Waals surface area contributed by atoms with Crippen LogP contribution in [0.15, 0.2) is 22.9 Å². The highest BCUT2D eigenvalue weighted by Gasteiger charge is 2.06. The maximum atomic E-state index is 11.7. The number of nitrogens with zero attached hydrogens (tertiary/aromatic N) is 3. The number of carbonyl (C=O) groups excluding carboxylic acids is 1. The molecule has 0 aliphatic rings. The average molecular weight is 298 g/mol. The molecule has 0 aliphatic carbocycles. The fourth-order valence-corrected chi connectivity index (χ4v) is 1.54. The summed E-state index contributed by atoms with van der Waals surface area (Å²) in [4.78, 5) is 19.6. The molecule has 8 heteroatoms. The Kier molecular flexibility index (Phi) is 5.92. The largest absolute Gasteiger partial charge is 0.384 e. The predicted molar refractivity (Wildman–Crippen MR) is 76.5 cm³/mol. The van der Waals surface area contributed by atoms with Gasteiger partial charge in [-0.1, -0.05) is 5.16 Å². The van der Waals surface area contributed by atoms with Crippen LogP contribution < -0.4 is 11.1 Å². The number of hydrogen-bond donors (Lipinski definition) is 2. The van der Waals surface area contributed by atoms with Gasteiger partial charge in [0.05, 0.1) is 11.9 Å². The Bertz CT molecular complexity index is 555. The molecule has 2 rings (SSSR count). The zero-order valence-corrected chi connectivity index (χ0v) is 11.8. The van der Waals surface area contributed by atoms with E-state index in [1.165, 1.54) is 6.20 Å². The zero-order chi connectivity index (χ0) is 13.7. The van der Waals surface area contributed by atoms with Gasteiger partial charge in [-0.3, -0.25) is 4.79 Å². The Morgan fingerprint density at radius 3 is 2.85 bits per heavy atom. The quantitative estimate of drug-likeness (QED) is 0.870. The molecule has 0 spiro atoms. The predicted octanol–water partition coefficient (Wildman–Crippen LogP) is 1.74. The Hall–Kier alpha value is -2.15. The topological polar surface area (TPSA) is 107 Å². The SMILES string of the molecule is Cc1noc(CCCC(=O)Nc2ccc(N)nc2)n1.Cl. The van der Waals surface area contributed by atoms with Crippen LogP contribution in [0.1, 0.15) is 24.6 Å². The Morgan fingerprint density at radius 2 is 2.25 bits per heavy atom. The van der Waals surface area contributed by atoms with Gasteiger partial charge in [-0.2, -0.15) is 4.98 Å². The summed E-state index contributed by atoms with van der Waals surface area (Å²) in [6.07, 6.45) is 3.14. The summed E-state index contributed by atoms with van der Waals surface area (Å²) >= 11 is 0. The highest BCUT2D eigenvalue weighted by molar-refractivity contribution is 5.90. The summed E-state index contributed by atoms with van der Waals surface area (Å²) in [5, 5.41) is 6.42. The lowest BCUT2D eigenvalue weighted by Gasteiger charge is -2.04. The summed E-state index contributed by atoms with van der Waals surface area (Å²) in [5.41, 5.74) is 6.09. The van der Waals surface area contributed by atoms with E-state index in [-0.39, 0.29) is 18.3 Å². The van der Waals surface area contributed by atoms with E-state index in [2.05, 4.69) is 20.4 Å². The number of halogens is 1. The highest BCUT2D eigenvalue weighted by atomic mass is 35.5. The maximum absolute atomic E-state index is 11.7. The van der Waals surface area contributed by atoms with Crippen molar-refractivity contribution in [3.63, 3.8) is 0 Å². The molecule has 20 heavy (non-hydrogen) atoms. The first-order valence-electron chi connectivity index (χ1n) is 5.94. The van der Waals surface area contributed by atoms with E-state index in [9.17, 15) is 4.79 Å². The van der Waals surface area contributed by atoms with Crippen LogP contribution in [0.4, 0.5) is 11.5 Å². The van der Waals surface area contributed by atoms with E-state index in [0.717, 1.165) is 0 Å². The summed E-state index contributed by atoms with van der Waals surface area (Å²) in [5.74, 6) is 1.50. The van der Waals surface area contributed by atoms with Gasteiger partial charge in [0, 0.05) is 12.8 Å². The molecule has 0 saturated heterocycles. The minimum atomic E-state index is -0.0807. The van der Waals surface area contributed by atoms with Crippen molar-refractivity contribution >= 4 is 29.8 Å². The van der Waals surface area contributed by atoms with E-state index in [0.29, 0.717) is 42.5 Å². The molecule has 0 bridgehead atoms. The number of nitrogens with one attached hydrogen (secondary N) is 1. The van der Waals surface area contributed by atoms with Crippen molar-refractivity contribution in [2.45, 2.75) is 26.2 Å². The number of nitrogens with two attached hydrogens (primary N) is 1. The first-order valence-corrected chi connectivity index (χ1v) is 5.94. The normalized spacial score (nSPS) is 9.85. The van der Waals surface area contributed by atoms with Crippen molar-refractivity contribution < 1.29 is 9.32 Å². The van der Waals surface area contributed by atoms with Gasteiger partial charge in [0.2, 0.25) is 11.8 Å². The van der Waals surface area contributed by atoms with E-state index >= 15 is 0 Å². The van der Waals surface area contributed by atoms with Crippen molar-refractivity contribution in [2.24, 2.45) is 0 Å². The minimum Gasteiger partial charge on any atom is -0.384 e. The average Bonchev–Trinajstić information content (AvgIpc) is 2.78. The molecule has 0 unspecified atom stereocenters. The lowest BCUT2D eigenvalue weighted by atomic mass is 10.2. The minimum absolute atomic E-state index is 0. The van der Waals surface area contributed by atoms with E-state index < -0.39 is 0 Å². The first-order chi connectivity index (χ1) is 9.13. The van der Waals surface area contributed by atoms with Crippen LogP contribution in [-0.4, -0.2) is 21.0 Å². The summed E-state index contributed by atoms with van der Waals surface area (Å²) in [6.45, 7) is 1.76. The third-order valence-electron chi connectivity index (χ3n) is 2.43. The highest BCUT2D eigenvalue weighted by Crippen LogP contribution is 2.09. The van der Waals surface area contributed by atoms with Crippen LogP contribution in [0.5, 0.6) is 0 Å². The molecule has 7 nitrogen and oxygen atoms in total. The fourth-order valence-electron chi connectivity index (χ4n) is 1.54. The second kappa shape index (κ2) is 7.44. The standard InChI is InChI=1S/C12H15N5O2.ClH/c1-8-15-12(19-17-8)4-2-3-11(18)16-9-5-6-10(13)14-7-9;/h5-7H,2-4H2,1H3,(H2,13,14)(H,16,18);1H. The Labute approximate surface area is 122 Å². The van der Waals surface area contributed by atoms with Gasteiger partial charge in [0.15, 0.2) is 5.82 Å².